The lowest BCUT2D eigenvalue weighted by Crippen LogP contribution is -2.53. The van der Waals surface area contributed by atoms with Gasteiger partial charge in [-0.25, -0.2) is 4.72 Å². The molecule has 0 aromatic carbocycles. The van der Waals surface area contributed by atoms with E-state index in [2.05, 4.69) is 19.8 Å². The second-order valence-corrected chi connectivity index (χ2v) is 7.52. The Labute approximate surface area is 125 Å². The Hall–Kier alpha value is -1.25. The molecule has 0 unspecified atom stereocenters. The third-order valence-electron chi connectivity index (χ3n) is 4.02. The van der Waals surface area contributed by atoms with Gasteiger partial charge in [-0.05, 0) is 31.9 Å². The number of aryl methyl sites for hydroxylation is 1. The highest BCUT2D eigenvalue weighted by molar-refractivity contribution is 7.87. The van der Waals surface area contributed by atoms with Crippen LogP contribution in [0, 0.1) is 12.8 Å². The number of hydrogen-bond acceptors (Lipinski definition) is 5. The normalized spacial score (nSPS) is 20.7. The summed E-state index contributed by atoms with van der Waals surface area (Å²) >= 11 is 0. The molecular weight excluding hydrogens is 290 g/mol. The van der Waals surface area contributed by atoms with Gasteiger partial charge in [0.1, 0.15) is 0 Å². The van der Waals surface area contributed by atoms with E-state index in [0.717, 1.165) is 37.4 Å². The molecule has 21 heavy (non-hydrogen) atoms. The van der Waals surface area contributed by atoms with Crippen LogP contribution < -0.4 is 9.62 Å². The molecule has 0 saturated carbocycles. The Morgan fingerprint density at radius 2 is 1.95 bits per heavy atom. The Bertz CT molecular complexity index is 577. The van der Waals surface area contributed by atoms with E-state index in [9.17, 15) is 8.42 Å². The smallest absolute Gasteiger partial charge is 0.279 e. The molecule has 0 radical (unpaired) electrons. The zero-order valence-electron chi connectivity index (χ0n) is 12.2. The zero-order valence-corrected chi connectivity index (χ0v) is 13.0. The standard InChI is InChI=1S/C13H21N5O2S/c1-11-4-5-13(16-15-11)17-9-12(10-17)8-14-21(19,20)18-6-2-3-7-18/h4-5,12,14H,2-3,6-10H2,1H3. The van der Waals surface area contributed by atoms with Crippen molar-refractivity contribution < 1.29 is 8.42 Å². The molecular formula is C13H21N5O2S. The lowest BCUT2D eigenvalue weighted by atomic mass is 10.0. The van der Waals surface area contributed by atoms with Crippen LogP contribution in [-0.2, 0) is 10.2 Å². The van der Waals surface area contributed by atoms with Gasteiger partial charge in [-0.3, -0.25) is 0 Å². The molecule has 0 amide bonds. The number of nitrogens with one attached hydrogen (secondary N) is 1. The van der Waals surface area contributed by atoms with Crippen molar-refractivity contribution >= 4 is 16.0 Å². The third kappa shape index (κ3) is 3.33. The van der Waals surface area contributed by atoms with E-state index >= 15 is 0 Å². The minimum atomic E-state index is -3.28. The molecule has 116 valence electrons. The fraction of sp³-hybridized carbons (Fsp3) is 0.692. The van der Waals surface area contributed by atoms with E-state index in [1.54, 1.807) is 0 Å². The summed E-state index contributed by atoms with van der Waals surface area (Å²) in [4.78, 5) is 2.11. The summed E-state index contributed by atoms with van der Waals surface area (Å²) < 4.78 is 28.3. The SMILES string of the molecule is Cc1ccc(N2CC(CNS(=O)(=O)N3CCCC3)C2)nn1. The summed E-state index contributed by atoms with van der Waals surface area (Å²) in [7, 11) is -3.28. The highest BCUT2D eigenvalue weighted by atomic mass is 32.2. The summed E-state index contributed by atoms with van der Waals surface area (Å²) in [6.45, 7) is 5.33. The van der Waals surface area contributed by atoms with Gasteiger partial charge >= 0.3 is 0 Å². The Morgan fingerprint density at radius 3 is 2.57 bits per heavy atom. The van der Waals surface area contributed by atoms with Crippen LogP contribution in [0.4, 0.5) is 5.82 Å². The zero-order chi connectivity index (χ0) is 14.9. The Kier molecular flexibility index (Phi) is 4.10. The van der Waals surface area contributed by atoms with E-state index in [-0.39, 0.29) is 0 Å². The molecule has 3 rings (SSSR count). The van der Waals surface area contributed by atoms with E-state index in [0.29, 0.717) is 25.6 Å². The molecule has 2 fully saturated rings. The molecule has 1 aromatic heterocycles. The van der Waals surface area contributed by atoms with Gasteiger partial charge in [0, 0.05) is 38.6 Å². The lowest BCUT2D eigenvalue weighted by Gasteiger charge is -2.40. The average molecular weight is 311 g/mol. The third-order valence-corrected chi connectivity index (χ3v) is 5.60. The minimum Gasteiger partial charge on any atom is -0.354 e. The molecule has 1 aromatic rings. The quantitative estimate of drug-likeness (QED) is 0.837. The van der Waals surface area contributed by atoms with Gasteiger partial charge in [-0.15, -0.1) is 5.10 Å². The van der Waals surface area contributed by atoms with Gasteiger partial charge in [0.05, 0.1) is 5.69 Å². The van der Waals surface area contributed by atoms with E-state index in [4.69, 9.17) is 0 Å². The van der Waals surface area contributed by atoms with Crippen molar-refractivity contribution in [2.24, 2.45) is 5.92 Å². The summed E-state index contributed by atoms with van der Waals surface area (Å²) in [6, 6.07) is 3.89. The Morgan fingerprint density at radius 1 is 1.24 bits per heavy atom. The summed E-state index contributed by atoms with van der Waals surface area (Å²) in [5, 5.41) is 8.17. The maximum Gasteiger partial charge on any atom is 0.279 e. The van der Waals surface area contributed by atoms with Crippen LogP contribution >= 0.6 is 0 Å². The van der Waals surface area contributed by atoms with E-state index < -0.39 is 10.2 Å². The van der Waals surface area contributed by atoms with Crippen molar-refractivity contribution in [1.29, 1.82) is 0 Å². The van der Waals surface area contributed by atoms with Crippen molar-refractivity contribution in [3.8, 4) is 0 Å². The number of aromatic nitrogens is 2. The van der Waals surface area contributed by atoms with Crippen molar-refractivity contribution in [3.63, 3.8) is 0 Å². The summed E-state index contributed by atoms with van der Waals surface area (Å²) in [6.07, 6.45) is 1.93. The van der Waals surface area contributed by atoms with Crippen LogP contribution in [0.1, 0.15) is 18.5 Å². The predicted molar refractivity (Wildman–Crippen MR) is 80.2 cm³/mol. The largest absolute Gasteiger partial charge is 0.354 e. The topological polar surface area (TPSA) is 78.4 Å². The first kappa shape index (κ1) is 14.7. The molecule has 2 saturated heterocycles. The van der Waals surface area contributed by atoms with Gasteiger partial charge in [0.15, 0.2) is 5.82 Å². The van der Waals surface area contributed by atoms with Gasteiger partial charge in [-0.2, -0.15) is 17.8 Å². The molecule has 0 aliphatic carbocycles. The molecule has 0 spiro atoms. The molecule has 2 aliphatic rings. The lowest BCUT2D eigenvalue weighted by molar-refractivity contribution is 0.392. The van der Waals surface area contributed by atoms with Gasteiger partial charge < -0.3 is 4.90 Å². The van der Waals surface area contributed by atoms with Crippen molar-refractivity contribution in [2.75, 3.05) is 37.6 Å². The van der Waals surface area contributed by atoms with E-state index in [1.165, 1.54) is 4.31 Å². The Balaban J connectivity index is 1.45. The average Bonchev–Trinajstić information content (AvgIpc) is 2.93. The predicted octanol–water partition coefficient (Wildman–Crippen LogP) is 0.151. The van der Waals surface area contributed by atoms with Crippen LogP contribution in [0.5, 0.6) is 0 Å². The molecule has 0 bridgehead atoms. The minimum absolute atomic E-state index is 0.338. The number of rotatable bonds is 5. The monoisotopic (exact) mass is 311 g/mol. The highest BCUT2D eigenvalue weighted by Crippen LogP contribution is 2.22. The second-order valence-electron chi connectivity index (χ2n) is 5.76. The van der Waals surface area contributed by atoms with Crippen molar-refractivity contribution in [2.45, 2.75) is 19.8 Å². The summed E-state index contributed by atoms with van der Waals surface area (Å²) in [5.41, 5.74) is 0.897. The van der Waals surface area contributed by atoms with Gasteiger partial charge in [-0.1, -0.05) is 0 Å². The van der Waals surface area contributed by atoms with Crippen LogP contribution in [0.25, 0.3) is 0 Å². The maximum absolute atomic E-state index is 12.0. The fourth-order valence-electron chi connectivity index (χ4n) is 2.69. The molecule has 1 N–H and O–H groups in total. The van der Waals surface area contributed by atoms with Crippen LogP contribution in [0.15, 0.2) is 12.1 Å². The number of hydrogen-bond donors (Lipinski definition) is 1. The first-order valence-corrected chi connectivity index (χ1v) is 8.78. The number of anilines is 1. The maximum atomic E-state index is 12.0. The number of nitrogens with zero attached hydrogens (tertiary/aromatic N) is 4. The van der Waals surface area contributed by atoms with Crippen molar-refractivity contribution in [3.05, 3.63) is 17.8 Å². The second kappa shape index (κ2) is 5.86. The van der Waals surface area contributed by atoms with Crippen LogP contribution in [0.2, 0.25) is 0 Å². The highest BCUT2D eigenvalue weighted by Gasteiger charge is 2.31. The van der Waals surface area contributed by atoms with Crippen LogP contribution in [0.3, 0.4) is 0 Å². The van der Waals surface area contributed by atoms with E-state index in [1.807, 2.05) is 19.1 Å². The molecule has 2 aliphatic heterocycles. The van der Waals surface area contributed by atoms with Gasteiger partial charge in [0.25, 0.3) is 10.2 Å². The first-order chi connectivity index (χ1) is 10.0. The van der Waals surface area contributed by atoms with Crippen LogP contribution in [-0.4, -0.2) is 55.6 Å². The molecule has 0 atom stereocenters. The van der Waals surface area contributed by atoms with Crippen molar-refractivity contribution in [1.82, 2.24) is 19.2 Å². The fourth-order valence-corrected chi connectivity index (χ4v) is 4.06. The molecule has 7 nitrogen and oxygen atoms in total. The summed E-state index contributed by atoms with van der Waals surface area (Å²) in [5.74, 6) is 1.20. The van der Waals surface area contributed by atoms with Gasteiger partial charge in [0.2, 0.25) is 0 Å². The first-order valence-electron chi connectivity index (χ1n) is 7.34. The molecule has 8 heteroatoms. The molecule has 3 heterocycles.